The molecule has 19 heavy (non-hydrogen) atoms. The first-order valence-electron chi connectivity index (χ1n) is 6.00. The number of nitrogens with two attached hydrogens (primary N) is 1. The Morgan fingerprint density at radius 1 is 1.00 bits per heavy atom. The summed E-state index contributed by atoms with van der Waals surface area (Å²) in [6, 6.07) is 12.0. The van der Waals surface area contributed by atoms with Crippen molar-refractivity contribution in [3.8, 4) is 0 Å². The Balaban J connectivity index is 2.10. The molecule has 2 aromatic carbocycles. The van der Waals surface area contributed by atoms with Crippen LogP contribution in [-0.4, -0.2) is 11.2 Å². The van der Waals surface area contributed by atoms with Gasteiger partial charge in [0.05, 0.1) is 12.1 Å². The Labute approximate surface area is 110 Å². The summed E-state index contributed by atoms with van der Waals surface area (Å²) in [6.07, 6.45) is -0.492. The number of rotatable bonds is 4. The molecule has 0 saturated carbocycles. The lowest BCUT2D eigenvalue weighted by atomic mass is 9.97. The van der Waals surface area contributed by atoms with Crippen molar-refractivity contribution in [1.82, 2.24) is 0 Å². The van der Waals surface area contributed by atoms with Gasteiger partial charge in [-0.3, -0.25) is 0 Å². The molecule has 0 saturated heterocycles. The zero-order valence-corrected chi connectivity index (χ0v) is 10.3. The van der Waals surface area contributed by atoms with Crippen molar-refractivity contribution in [1.29, 1.82) is 0 Å². The SMILES string of the molecule is N[C@H](c1ccc(F)c(F)c1)[C@@H](O)Cc1ccccc1. The first-order valence-corrected chi connectivity index (χ1v) is 6.00. The summed E-state index contributed by atoms with van der Waals surface area (Å²) in [5.41, 5.74) is 7.18. The molecule has 100 valence electrons. The monoisotopic (exact) mass is 263 g/mol. The lowest BCUT2D eigenvalue weighted by molar-refractivity contribution is 0.145. The number of benzene rings is 2. The van der Waals surface area contributed by atoms with Crippen LogP contribution >= 0.6 is 0 Å². The van der Waals surface area contributed by atoms with Crippen LogP contribution in [0.3, 0.4) is 0 Å². The third kappa shape index (κ3) is 3.36. The van der Waals surface area contributed by atoms with Crippen LogP contribution in [0.4, 0.5) is 8.78 Å². The van der Waals surface area contributed by atoms with Crippen LogP contribution in [0.2, 0.25) is 0 Å². The number of hydrogen-bond acceptors (Lipinski definition) is 2. The molecule has 0 fully saturated rings. The molecule has 0 unspecified atom stereocenters. The molecule has 2 nitrogen and oxygen atoms in total. The Bertz CT molecular complexity index is 545. The maximum absolute atomic E-state index is 13.1. The van der Waals surface area contributed by atoms with Crippen LogP contribution in [0, 0.1) is 11.6 Å². The van der Waals surface area contributed by atoms with Gasteiger partial charge in [-0.05, 0) is 23.3 Å². The fourth-order valence-electron chi connectivity index (χ4n) is 1.92. The van der Waals surface area contributed by atoms with Gasteiger partial charge >= 0.3 is 0 Å². The van der Waals surface area contributed by atoms with E-state index in [1.165, 1.54) is 6.07 Å². The third-order valence-corrected chi connectivity index (χ3v) is 3.03. The van der Waals surface area contributed by atoms with Crippen LogP contribution in [0.15, 0.2) is 48.5 Å². The second-order valence-corrected chi connectivity index (χ2v) is 4.46. The van der Waals surface area contributed by atoms with Crippen molar-refractivity contribution in [3.05, 3.63) is 71.3 Å². The third-order valence-electron chi connectivity index (χ3n) is 3.03. The second kappa shape index (κ2) is 5.91. The average molecular weight is 263 g/mol. The van der Waals surface area contributed by atoms with Crippen molar-refractivity contribution in [2.24, 2.45) is 5.73 Å². The maximum atomic E-state index is 13.1. The first-order chi connectivity index (χ1) is 9.08. The number of aliphatic hydroxyl groups is 1. The minimum absolute atomic E-state index is 0.362. The molecule has 0 aliphatic rings. The fraction of sp³-hybridized carbons (Fsp3) is 0.200. The summed E-state index contributed by atoms with van der Waals surface area (Å²) < 4.78 is 25.9. The molecule has 4 heteroatoms. The zero-order chi connectivity index (χ0) is 13.8. The maximum Gasteiger partial charge on any atom is 0.159 e. The molecule has 2 atom stereocenters. The fourth-order valence-corrected chi connectivity index (χ4v) is 1.92. The van der Waals surface area contributed by atoms with E-state index in [1.807, 2.05) is 30.3 Å². The van der Waals surface area contributed by atoms with E-state index in [0.29, 0.717) is 12.0 Å². The predicted octanol–water partition coefficient (Wildman–Crippen LogP) is 2.57. The zero-order valence-electron chi connectivity index (χ0n) is 10.3. The Hall–Kier alpha value is -1.78. The Kier molecular flexibility index (Phi) is 4.24. The highest BCUT2D eigenvalue weighted by atomic mass is 19.2. The molecular weight excluding hydrogens is 248 g/mol. The van der Waals surface area contributed by atoms with E-state index in [9.17, 15) is 13.9 Å². The molecule has 2 aromatic rings. The van der Waals surface area contributed by atoms with E-state index >= 15 is 0 Å². The first kappa shape index (κ1) is 13.6. The van der Waals surface area contributed by atoms with Crippen molar-refractivity contribution >= 4 is 0 Å². The molecule has 0 aliphatic heterocycles. The average Bonchev–Trinajstić information content (AvgIpc) is 2.42. The molecule has 0 radical (unpaired) electrons. The summed E-state index contributed by atoms with van der Waals surface area (Å²) in [5, 5.41) is 10.0. The van der Waals surface area contributed by atoms with E-state index in [2.05, 4.69) is 0 Å². The Morgan fingerprint density at radius 2 is 1.68 bits per heavy atom. The highest BCUT2D eigenvalue weighted by molar-refractivity contribution is 5.23. The summed E-state index contributed by atoms with van der Waals surface area (Å²) in [7, 11) is 0. The summed E-state index contributed by atoms with van der Waals surface area (Å²) >= 11 is 0. The number of aliphatic hydroxyl groups excluding tert-OH is 1. The minimum atomic E-state index is -0.958. The summed E-state index contributed by atoms with van der Waals surface area (Å²) in [5.74, 6) is -1.88. The van der Waals surface area contributed by atoms with Gasteiger partial charge in [-0.25, -0.2) is 8.78 Å². The van der Waals surface area contributed by atoms with E-state index in [1.54, 1.807) is 0 Å². The van der Waals surface area contributed by atoms with Gasteiger partial charge in [0.2, 0.25) is 0 Å². The van der Waals surface area contributed by atoms with Gasteiger partial charge in [-0.15, -0.1) is 0 Å². The van der Waals surface area contributed by atoms with Crippen LogP contribution < -0.4 is 5.73 Å². The molecular formula is C15H15F2NO. The van der Waals surface area contributed by atoms with Crippen molar-refractivity contribution < 1.29 is 13.9 Å². The lowest BCUT2D eigenvalue weighted by Crippen LogP contribution is -2.28. The highest BCUT2D eigenvalue weighted by Crippen LogP contribution is 2.19. The van der Waals surface area contributed by atoms with Crippen molar-refractivity contribution in [2.45, 2.75) is 18.6 Å². The molecule has 0 aromatic heterocycles. The second-order valence-electron chi connectivity index (χ2n) is 4.46. The van der Waals surface area contributed by atoms with Gasteiger partial charge in [0.25, 0.3) is 0 Å². The molecule has 0 bridgehead atoms. The van der Waals surface area contributed by atoms with E-state index in [-0.39, 0.29) is 0 Å². The summed E-state index contributed by atoms with van der Waals surface area (Å²) in [4.78, 5) is 0. The van der Waals surface area contributed by atoms with E-state index in [0.717, 1.165) is 17.7 Å². The van der Waals surface area contributed by atoms with Gasteiger partial charge in [-0.2, -0.15) is 0 Å². The van der Waals surface area contributed by atoms with Gasteiger partial charge in [0, 0.05) is 6.42 Å². The topological polar surface area (TPSA) is 46.2 Å². The standard InChI is InChI=1S/C15H15F2NO/c16-12-7-6-11(9-13(12)17)15(18)14(19)8-10-4-2-1-3-5-10/h1-7,9,14-15,19H,8,18H2/t14-,15+/m0/s1. The normalized spacial score (nSPS) is 14.1. The highest BCUT2D eigenvalue weighted by Gasteiger charge is 2.18. The smallest absolute Gasteiger partial charge is 0.159 e. The molecule has 3 N–H and O–H groups in total. The van der Waals surface area contributed by atoms with E-state index < -0.39 is 23.8 Å². The van der Waals surface area contributed by atoms with Gasteiger partial charge in [0.15, 0.2) is 11.6 Å². The van der Waals surface area contributed by atoms with E-state index in [4.69, 9.17) is 5.73 Å². The van der Waals surface area contributed by atoms with Gasteiger partial charge in [-0.1, -0.05) is 36.4 Å². The molecule has 0 spiro atoms. The van der Waals surface area contributed by atoms with Gasteiger partial charge in [0.1, 0.15) is 0 Å². The van der Waals surface area contributed by atoms with Crippen molar-refractivity contribution in [2.75, 3.05) is 0 Å². The lowest BCUT2D eigenvalue weighted by Gasteiger charge is -2.19. The van der Waals surface area contributed by atoms with Crippen LogP contribution in [-0.2, 0) is 6.42 Å². The predicted molar refractivity (Wildman–Crippen MR) is 69.4 cm³/mol. The molecule has 2 rings (SSSR count). The molecule has 0 aliphatic carbocycles. The van der Waals surface area contributed by atoms with Crippen LogP contribution in [0.25, 0.3) is 0 Å². The largest absolute Gasteiger partial charge is 0.391 e. The number of halogens is 2. The van der Waals surface area contributed by atoms with Crippen LogP contribution in [0.5, 0.6) is 0 Å². The summed E-state index contributed by atoms with van der Waals surface area (Å²) in [6.45, 7) is 0. The van der Waals surface area contributed by atoms with Gasteiger partial charge < -0.3 is 10.8 Å². The molecule has 0 amide bonds. The van der Waals surface area contributed by atoms with Crippen LogP contribution in [0.1, 0.15) is 17.2 Å². The quantitative estimate of drug-likeness (QED) is 0.890. The number of hydrogen-bond donors (Lipinski definition) is 2. The van der Waals surface area contributed by atoms with Crippen molar-refractivity contribution in [3.63, 3.8) is 0 Å². The minimum Gasteiger partial charge on any atom is -0.391 e. The Morgan fingerprint density at radius 3 is 2.32 bits per heavy atom. The molecule has 0 heterocycles.